The number of tetrazole rings is 1. The standard InChI is InChI=1S/C19H19BrN6O/c1-19(2,3)26-17(23-24-25-26)16-14-6-4-5-7-15(14)22-18(27-16)21-13-10-8-12(20)9-11-13/h4-11,16H,1-3H3,(H,21,22). The quantitative estimate of drug-likeness (QED) is 0.656. The average Bonchev–Trinajstić information content (AvgIpc) is 3.13. The van der Waals surface area contributed by atoms with Crippen molar-refractivity contribution < 1.29 is 4.74 Å². The first kappa shape index (κ1) is 17.7. The molecule has 0 spiro atoms. The van der Waals surface area contributed by atoms with E-state index in [9.17, 15) is 0 Å². The summed E-state index contributed by atoms with van der Waals surface area (Å²) in [6.45, 7) is 6.16. The first-order chi connectivity index (χ1) is 12.9. The highest BCUT2D eigenvalue weighted by molar-refractivity contribution is 9.10. The van der Waals surface area contributed by atoms with Crippen LogP contribution in [0.25, 0.3) is 0 Å². The van der Waals surface area contributed by atoms with Gasteiger partial charge in [-0.25, -0.2) is 4.68 Å². The van der Waals surface area contributed by atoms with Crippen molar-refractivity contribution in [3.8, 4) is 0 Å². The molecule has 1 atom stereocenters. The van der Waals surface area contributed by atoms with E-state index in [1.807, 2.05) is 48.5 Å². The van der Waals surface area contributed by atoms with Gasteiger partial charge in [0, 0.05) is 15.7 Å². The van der Waals surface area contributed by atoms with Gasteiger partial charge in [0.15, 0.2) is 11.9 Å². The number of amidine groups is 1. The Labute approximate surface area is 165 Å². The van der Waals surface area contributed by atoms with Crippen LogP contribution in [0.3, 0.4) is 0 Å². The van der Waals surface area contributed by atoms with Crippen molar-refractivity contribution in [1.82, 2.24) is 20.2 Å². The number of benzene rings is 2. The molecular formula is C19H19BrN6O. The zero-order valence-electron chi connectivity index (χ0n) is 15.2. The summed E-state index contributed by atoms with van der Waals surface area (Å²) in [6.07, 6.45) is -0.453. The van der Waals surface area contributed by atoms with Crippen molar-refractivity contribution in [2.75, 3.05) is 5.32 Å². The van der Waals surface area contributed by atoms with E-state index in [0.29, 0.717) is 11.8 Å². The molecule has 2 heterocycles. The second-order valence-corrected chi connectivity index (χ2v) is 8.14. The molecule has 0 amide bonds. The van der Waals surface area contributed by atoms with Crippen LogP contribution in [0.2, 0.25) is 0 Å². The summed E-state index contributed by atoms with van der Waals surface area (Å²) in [5, 5.41) is 15.5. The van der Waals surface area contributed by atoms with Gasteiger partial charge in [0.05, 0.1) is 11.2 Å². The highest BCUT2D eigenvalue weighted by Gasteiger charge is 2.33. The molecule has 1 aliphatic rings. The Morgan fingerprint density at radius 2 is 1.81 bits per heavy atom. The van der Waals surface area contributed by atoms with Gasteiger partial charge in [-0.3, -0.25) is 0 Å². The Kier molecular flexibility index (Phi) is 4.43. The third-order valence-corrected chi connectivity index (χ3v) is 4.66. The molecule has 27 heavy (non-hydrogen) atoms. The number of anilines is 1. The highest BCUT2D eigenvalue weighted by Crippen LogP contribution is 2.37. The van der Waals surface area contributed by atoms with Crippen molar-refractivity contribution in [2.45, 2.75) is 32.4 Å². The van der Waals surface area contributed by atoms with E-state index in [1.54, 1.807) is 4.68 Å². The molecule has 0 saturated carbocycles. The Morgan fingerprint density at radius 3 is 2.56 bits per heavy atom. The molecule has 0 radical (unpaired) electrons. The number of halogens is 1. The van der Waals surface area contributed by atoms with Crippen molar-refractivity contribution in [3.05, 3.63) is 64.4 Å². The lowest BCUT2D eigenvalue weighted by Gasteiger charge is -2.28. The van der Waals surface area contributed by atoms with Crippen LogP contribution >= 0.6 is 15.9 Å². The van der Waals surface area contributed by atoms with Crippen LogP contribution in [0, 0.1) is 0 Å². The van der Waals surface area contributed by atoms with Crippen LogP contribution in [0.1, 0.15) is 38.3 Å². The van der Waals surface area contributed by atoms with Crippen LogP contribution in [0.4, 0.5) is 11.4 Å². The first-order valence-corrected chi connectivity index (χ1v) is 9.37. The lowest BCUT2D eigenvalue weighted by Crippen LogP contribution is -2.30. The number of aliphatic imine (C=N–C) groups is 1. The number of nitrogens with zero attached hydrogens (tertiary/aromatic N) is 5. The first-order valence-electron chi connectivity index (χ1n) is 8.57. The number of nitrogens with one attached hydrogen (secondary N) is 1. The lowest BCUT2D eigenvalue weighted by molar-refractivity contribution is 0.196. The molecule has 1 unspecified atom stereocenters. The number of hydrogen-bond acceptors (Lipinski definition) is 6. The molecule has 0 fully saturated rings. The van der Waals surface area contributed by atoms with Gasteiger partial charge >= 0.3 is 0 Å². The van der Waals surface area contributed by atoms with Crippen LogP contribution in [-0.4, -0.2) is 26.2 Å². The minimum absolute atomic E-state index is 0.273. The topological polar surface area (TPSA) is 77.2 Å². The second-order valence-electron chi connectivity index (χ2n) is 7.23. The van der Waals surface area contributed by atoms with Crippen molar-refractivity contribution >= 4 is 33.3 Å². The zero-order chi connectivity index (χ0) is 19.0. The van der Waals surface area contributed by atoms with Crippen molar-refractivity contribution in [2.24, 2.45) is 4.99 Å². The van der Waals surface area contributed by atoms with Crippen LogP contribution in [-0.2, 0) is 10.3 Å². The fraction of sp³-hybridized carbons (Fsp3) is 0.263. The van der Waals surface area contributed by atoms with E-state index in [0.717, 1.165) is 21.4 Å². The fourth-order valence-electron chi connectivity index (χ4n) is 2.86. The van der Waals surface area contributed by atoms with E-state index >= 15 is 0 Å². The van der Waals surface area contributed by atoms with Crippen LogP contribution in [0.15, 0.2) is 58.0 Å². The molecule has 2 aromatic carbocycles. The number of rotatable bonds is 2. The Balaban J connectivity index is 1.73. The van der Waals surface area contributed by atoms with Crippen molar-refractivity contribution in [3.63, 3.8) is 0 Å². The van der Waals surface area contributed by atoms with Gasteiger partial charge in [-0.2, -0.15) is 4.99 Å². The Hall–Kier alpha value is -2.74. The Bertz CT molecular complexity index is 990. The molecule has 1 aromatic heterocycles. The number of aromatic nitrogens is 4. The summed E-state index contributed by atoms with van der Waals surface area (Å²) in [5.74, 6) is 0.639. The van der Waals surface area contributed by atoms with Gasteiger partial charge in [0.25, 0.3) is 6.02 Å². The van der Waals surface area contributed by atoms with Gasteiger partial charge < -0.3 is 10.1 Å². The van der Waals surface area contributed by atoms with E-state index in [1.165, 1.54) is 0 Å². The summed E-state index contributed by atoms with van der Waals surface area (Å²) in [5.41, 5.74) is 2.37. The molecule has 4 rings (SSSR count). The van der Waals surface area contributed by atoms with Gasteiger partial charge in [-0.05, 0) is 61.5 Å². The summed E-state index contributed by atoms with van der Waals surface area (Å²) in [7, 11) is 0. The summed E-state index contributed by atoms with van der Waals surface area (Å²) >= 11 is 3.44. The normalized spacial score (nSPS) is 16.3. The number of para-hydroxylation sites is 1. The third kappa shape index (κ3) is 3.57. The van der Waals surface area contributed by atoms with E-state index in [4.69, 9.17) is 4.74 Å². The van der Waals surface area contributed by atoms with Gasteiger partial charge in [-0.15, -0.1) is 5.10 Å². The minimum Gasteiger partial charge on any atom is -0.448 e. The minimum atomic E-state index is -0.453. The highest BCUT2D eigenvalue weighted by atomic mass is 79.9. The molecule has 8 heteroatoms. The Morgan fingerprint density at radius 1 is 1.07 bits per heavy atom. The van der Waals surface area contributed by atoms with Crippen LogP contribution in [0.5, 0.6) is 0 Å². The van der Waals surface area contributed by atoms with Gasteiger partial charge in [0.2, 0.25) is 0 Å². The fourth-order valence-corrected chi connectivity index (χ4v) is 3.13. The molecule has 3 aromatic rings. The third-order valence-electron chi connectivity index (χ3n) is 4.13. The maximum Gasteiger partial charge on any atom is 0.295 e. The molecule has 7 nitrogen and oxygen atoms in total. The number of fused-ring (bicyclic) bond motifs is 1. The maximum absolute atomic E-state index is 6.19. The van der Waals surface area contributed by atoms with Crippen LogP contribution < -0.4 is 5.32 Å². The molecule has 0 bridgehead atoms. The van der Waals surface area contributed by atoms with E-state index < -0.39 is 6.10 Å². The maximum atomic E-state index is 6.19. The molecular weight excluding hydrogens is 408 g/mol. The SMILES string of the molecule is CC(C)(C)n1nnnc1C1OC(Nc2ccc(Br)cc2)=Nc2ccccc21. The largest absolute Gasteiger partial charge is 0.448 e. The number of hydrogen-bond donors (Lipinski definition) is 1. The molecule has 0 aliphatic carbocycles. The zero-order valence-corrected chi connectivity index (χ0v) is 16.8. The lowest BCUT2D eigenvalue weighted by atomic mass is 10.0. The van der Waals surface area contributed by atoms with E-state index in [-0.39, 0.29) is 5.54 Å². The molecule has 1 N–H and O–H groups in total. The average molecular weight is 427 g/mol. The smallest absolute Gasteiger partial charge is 0.295 e. The van der Waals surface area contributed by atoms with Gasteiger partial charge in [-0.1, -0.05) is 34.1 Å². The van der Waals surface area contributed by atoms with E-state index in [2.05, 4.69) is 62.5 Å². The molecule has 1 aliphatic heterocycles. The second kappa shape index (κ2) is 6.77. The van der Waals surface area contributed by atoms with Gasteiger partial charge in [0.1, 0.15) is 0 Å². The summed E-state index contributed by atoms with van der Waals surface area (Å²) in [6, 6.07) is 16.1. The predicted octanol–water partition coefficient (Wildman–Crippen LogP) is 4.41. The van der Waals surface area contributed by atoms with Crippen molar-refractivity contribution in [1.29, 1.82) is 0 Å². The summed E-state index contributed by atoms with van der Waals surface area (Å²) in [4.78, 5) is 4.61. The molecule has 0 saturated heterocycles. The number of ether oxygens (including phenoxy) is 1. The monoisotopic (exact) mass is 426 g/mol. The molecule has 138 valence electrons. The predicted molar refractivity (Wildman–Crippen MR) is 107 cm³/mol. The summed E-state index contributed by atoms with van der Waals surface area (Å²) < 4.78 is 8.99.